The van der Waals surface area contributed by atoms with E-state index >= 15 is 0 Å². The van der Waals surface area contributed by atoms with Crippen LogP contribution in [0.15, 0.2) is 53.6 Å². The molecule has 0 heterocycles. The molecule has 0 aromatic heterocycles. The van der Waals surface area contributed by atoms with Crippen LogP contribution >= 0.6 is 0 Å². The van der Waals surface area contributed by atoms with Gasteiger partial charge in [-0.3, -0.25) is 4.79 Å². The summed E-state index contributed by atoms with van der Waals surface area (Å²) in [4.78, 5) is 22.6. The molecule has 0 radical (unpaired) electrons. The van der Waals surface area contributed by atoms with Gasteiger partial charge in [0.1, 0.15) is 0 Å². The average molecular weight is 327 g/mol. The van der Waals surface area contributed by atoms with Crippen molar-refractivity contribution in [3.05, 3.63) is 59.7 Å². The molecule has 0 aliphatic rings. The summed E-state index contributed by atoms with van der Waals surface area (Å²) in [5.74, 6) is 0.745. The fourth-order valence-electron chi connectivity index (χ4n) is 1.90. The lowest BCUT2D eigenvalue weighted by molar-refractivity contribution is 0.0919. The normalized spacial score (nSPS) is 10.4. The molecule has 0 unspecified atom stereocenters. The monoisotopic (exact) mass is 327 g/mol. The SMILES string of the molecule is COc1cc(C=NNC(N)=O)ccc1OCC(=O)c1ccccc1. The van der Waals surface area contributed by atoms with Crippen molar-refractivity contribution in [1.29, 1.82) is 0 Å². The van der Waals surface area contributed by atoms with E-state index in [9.17, 15) is 9.59 Å². The number of nitrogens with zero attached hydrogens (tertiary/aromatic N) is 1. The molecule has 0 saturated heterocycles. The third kappa shape index (κ3) is 4.84. The summed E-state index contributed by atoms with van der Waals surface area (Å²) in [6.07, 6.45) is 1.41. The molecule has 2 aromatic carbocycles. The number of hydrogen-bond donors (Lipinski definition) is 2. The van der Waals surface area contributed by atoms with Crippen LogP contribution in [0.2, 0.25) is 0 Å². The number of Topliss-reactive ketones (excluding diaryl/α,β-unsaturated/α-hetero) is 1. The van der Waals surface area contributed by atoms with Gasteiger partial charge in [-0.2, -0.15) is 5.10 Å². The topological polar surface area (TPSA) is 103 Å². The molecular formula is C17H17N3O4. The maximum Gasteiger partial charge on any atom is 0.332 e. The zero-order chi connectivity index (χ0) is 17.4. The van der Waals surface area contributed by atoms with Gasteiger partial charge in [-0.25, -0.2) is 10.2 Å². The van der Waals surface area contributed by atoms with E-state index in [1.807, 2.05) is 6.07 Å². The van der Waals surface area contributed by atoms with E-state index in [1.54, 1.807) is 42.5 Å². The van der Waals surface area contributed by atoms with Crippen molar-refractivity contribution >= 4 is 18.0 Å². The first kappa shape index (κ1) is 17.0. The smallest absolute Gasteiger partial charge is 0.332 e. The molecule has 0 bridgehead atoms. The van der Waals surface area contributed by atoms with Crippen molar-refractivity contribution in [2.75, 3.05) is 13.7 Å². The number of carbonyl (C=O) groups excluding carboxylic acids is 2. The van der Waals surface area contributed by atoms with Crippen LogP contribution in [0, 0.1) is 0 Å². The molecule has 0 fully saturated rings. The Morgan fingerprint density at radius 2 is 1.92 bits per heavy atom. The standard InChI is InChI=1S/C17H17N3O4/c1-23-16-9-12(10-19-20-17(18)22)7-8-15(16)24-11-14(21)13-5-3-2-4-6-13/h2-10H,11H2,1H3,(H3,18,20,22). The second-order valence-corrected chi connectivity index (χ2v) is 4.72. The molecule has 0 spiro atoms. The molecule has 7 nitrogen and oxygen atoms in total. The summed E-state index contributed by atoms with van der Waals surface area (Å²) in [6.45, 7) is -0.100. The van der Waals surface area contributed by atoms with Crippen LogP contribution in [0.4, 0.5) is 4.79 Å². The second kappa shape index (κ2) is 8.33. The number of carbonyl (C=O) groups is 2. The predicted molar refractivity (Wildman–Crippen MR) is 89.6 cm³/mol. The molecule has 124 valence electrons. The van der Waals surface area contributed by atoms with Crippen LogP contribution in [0.3, 0.4) is 0 Å². The number of nitrogens with two attached hydrogens (primary N) is 1. The Kier molecular flexibility index (Phi) is 5.90. The number of nitrogens with one attached hydrogen (secondary N) is 1. The molecular weight excluding hydrogens is 310 g/mol. The molecule has 0 aliphatic carbocycles. The lowest BCUT2D eigenvalue weighted by Gasteiger charge is -2.10. The quantitative estimate of drug-likeness (QED) is 0.461. The van der Waals surface area contributed by atoms with E-state index in [1.165, 1.54) is 13.3 Å². The van der Waals surface area contributed by atoms with E-state index in [0.717, 1.165) is 0 Å². The van der Waals surface area contributed by atoms with Crippen LogP contribution in [-0.4, -0.2) is 31.7 Å². The van der Waals surface area contributed by atoms with Gasteiger partial charge in [-0.15, -0.1) is 0 Å². The number of urea groups is 1. The van der Waals surface area contributed by atoms with Crippen LogP contribution in [-0.2, 0) is 0 Å². The van der Waals surface area contributed by atoms with Crippen LogP contribution in [0.25, 0.3) is 0 Å². The van der Waals surface area contributed by atoms with Crippen molar-refractivity contribution in [2.24, 2.45) is 10.8 Å². The van der Waals surface area contributed by atoms with Gasteiger partial charge in [0, 0.05) is 5.56 Å². The fourth-order valence-corrected chi connectivity index (χ4v) is 1.90. The van der Waals surface area contributed by atoms with Gasteiger partial charge in [-0.05, 0) is 23.8 Å². The van der Waals surface area contributed by atoms with E-state index in [-0.39, 0.29) is 12.4 Å². The zero-order valence-electron chi connectivity index (χ0n) is 13.1. The van der Waals surface area contributed by atoms with Crippen molar-refractivity contribution in [3.63, 3.8) is 0 Å². The fraction of sp³-hybridized carbons (Fsp3) is 0.118. The second-order valence-electron chi connectivity index (χ2n) is 4.72. The maximum atomic E-state index is 12.1. The molecule has 0 aliphatic heterocycles. The summed E-state index contributed by atoms with van der Waals surface area (Å²) in [7, 11) is 1.49. The number of ketones is 1. The third-order valence-corrected chi connectivity index (χ3v) is 3.03. The van der Waals surface area contributed by atoms with E-state index in [2.05, 4.69) is 10.5 Å². The predicted octanol–water partition coefficient (Wildman–Crippen LogP) is 1.96. The van der Waals surface area contributed by atoms with Gasteiger partial charge in [0.2, 0.25) is 0 Å². The summed E-state index contributed by atoms with van der Waals surface area (Å²) in [5.41, 5.74) is 8.26. The number of hydrogen-bond acceptors (Lipinski definition) is 5. The molecule has 24 heavy (non-hydrogen) atoms. The molecule has 2 amide bonds. The summed E-state index contributed by atoms with van der Waals surface area (Å²) >= 11 is 0. The minimum absolute atomic E-state index is 0.100. The molecule has 7 heteroatoms. The number of benzene rings is 2. The van der Waals surface area contributed by atoms with Gasteiger partial charge in [0.25, 0.3) is 0 Å². The molecule has 0 atom stereocenters. The lowest BCUT2D eigenvalue weighted by atomic mass is 10.1. The van der Waals surface area contributed by atoms with E-state index in [4.69, 9.17) is 15.2 Å². The highest BCUT2D eigenvalue weighted by atomic mass is 16.5. The third-order valence-electron chi connectivity index (χ3n) is 3.03. The van der Waals surface area contributed by atoms with Crippen LogP contribution in [0.1, 0.15) is 15.9 Å². The summed E-state index contributed by atoms with van der Waals surface area (Å²) < 4.78 is 10.8. The lowest BCUT2D eigenvalue weighted by Crippen LogP contribution is -2.24. The first-order valence-electron chi connectivity index (χ1n) is 7.07. The molecule has 2 rings (SSSR count). The number of ether oxygens (including phenoxy) is 2. The Labute approximate surface area is 139 Å². The highest BCUT2D eigenvalue weighted by Gasteiger charge is 2.10. The Morgan fingerprint density at radius 1 is 1.17 bits per heavy atom. The van der Waals surface area contributed by atoms with Gasteiger partial charge in [0.15, 0.2) is 23.9 Å². The Bertz CT molecular complexity index is 745. The maximum absolute atomic E-state index is 12.1. The largest absolute Gasteiger partial charge is 0.493 e. The van der Waals surface area contributed by atoms with Gasteiger partial charge < -0.3 is 15.2 Å². The Morgan fingerprint density at radius 3 is 2.58 bits per heavy atom. The van der Waals surface area contributed by atoms with Crippen LogP contribution in [0.5, 0.6) is 11.5 Å². The van der Waals surface area contributed by atoms with Crippen molar-refractivity contribution in [2.45, 2.75) is 0 Å². The highest BCUT2D eigenvalue weighted by molar-refractivity contribution is 5.97. The first-order chi connectivity index (χ1) is 11.6. The number of primary amides is 1. The molecule has 2 aromatic rings. The van der Waals surface area contributed by atoms with Gasteiger partial charge in [-0.1, -0.05) is 30.3 Å². The Hall–Kier alpha value is -3.35. The zero-order valence-corrected chi connectivity index (χ0v) is 13.1. The summed E-state index contributed by atoms with van der Waals surface area (Å²) in [6, 6.07) is 13.2. The molecule has 3 N–H and O–H groups in total. The van der Waals surface area contributed by atoms with Crippen molar-refractivity contribution in [1.82, 2.24) is 5.43 Å². The minimum Gasteiger partial charge on any atom is -0.493 e. The van der Waals surface area contributed by atoms with Crippen molar-refractivity contribution < 1.29 is 19.1 Å². The van der Waals surface area contributed by atoms with Crippen molar-refractivity contribution in [3.8, 4) is 11.5 Å². The first-order valence-corrected chi connectivity index (χ1v) is 7.07. The summed E-state index contributed by atoms with van der Waals surface area (Å²) in [5, 5.41) is 3.66. The average Bonchev–Trinajstić information content (AvgIpc) is 2.60. The van der Waals surface area contributed by atoms with Gasteiger partial charge in [0.05, 0.1) is 13.3 Å². The minimum atomic E-state index is -0.752. The van der Waals surface area contributed by atoms with E-state index in [0.29, 0.717) is 22.6 Å². The highest BCUT2D eigenvalue weighted by Crippen LogP contribution is 2.27. The number of amides is 2. The number of methoxy groups -OCH3 is 1. The van der Waals surface area contributed by atoms with E-state index < -0.39 is 6.03 Å². The van der Waals surface area contributed by atoms with Gasteiger partial charge >= 0.3 is 6.03 Å². The Balaban J connectivity index is 2.03. The van der Waals surface area contributed by atoms with Crippen LogP contribution < -0.4 is 20.6 Å². The number of hydrazone groups is 1. The molecule has 0 saturated carbocycles. The number of rotatable bonds is 7.